The Kier molecular flexibility index (Phi) is 3.68. The van der Waals surface area contributed by atoms with E-state index in [1.54, 1.807) is 6.92 Å². The zero-order chi connectivity index (χ0) is 11.6. The summed E-state index contributed by atoms with van der Waals surface area (Å²) < 4.78 is 0. The number of nitrogens with zero attached hydrogens (tertiary/aromatic N) is 1. The van der Waals surface area contributed by atoms with Gasteiger partial charge in [-0.2, -0.15) is 0 Å². The number of rotatable bonds is 3. The number of hydrogen-bond donors (Lipinski definition) is 2. The maximum Gasteiger partial charge on any atom is 0.234 e. The van der Waals surface area contributed by atoms with Crippen molar-refractivity contribution in [3.8, 4) is 0 Å². The van der Waals surface area contributed by atoms with Gasteiger partial charge in [0.15, 0.2) is 0 Å². The normalized spacial score (nSPS) is 29.7. The SMILES string of the molecule is CC1CCC(C(N)=O)CN1C(C)C(N)=O. The predicted molar refractivity (Wildman–Crippen MR) is 56.7 cm³/mol. The summed E-state index contributed by atoms with van der Waals surface area (Å²) in [4.78, 5) is 24.1. The molecule has 2 amide bonds. The number of primary amides is 2. The summed E-state index contributed by atoms with van der Waals surface area (Å²) in [5.74, 6) is -0.793. The molecule has 4 N–H and O–H groups in total. The molecule has 5 heteroatoms. The summed E-state index contributed by atoms with van der Waals surface area (Å²) in [6.45, 7) is 4.35. The molecule has 0 aromatic rings. The van der Waals surface area contributed by atoms with Crippen LogP contribution in [-0.2, 0) is 9.59 Å². The molecule has 15 heavy (non-hydrogen) atoms. The van der Waals surface area contributed by atoms with Gasteiger partial charge in [-0.25, -0.2) is 0 Å². The molecular formula is C10H19N3O2. The van der Waals surface area contributed by atoms with Gasteiger partial charge in [0.05, 0.1) is 12.0 Å². The van der Waals surface area contributed by atoms with Crippen molar-refractivity contribution in [2.75, 3.05) is 6.54 Å². The molecule has 0 aliphatic carbocycles. The molecule has 0 saturated carbocycles. The fourth-order valence-electron chi connectivity index (χ4n) is 2.07. The van der Waals surface area contributed by atoms with Crippen molar-refractivity contribution in [2.45, 2.75) is 38.8 Å². The van der Waals surface area contributed by atoms with Gasteiger partial charge >= 0.3 is 0 Å². The number of likely N-dealkylation sites (tertiary alicyclic amines) is 1. The molecule has 1 aliphatic rings. The Hall–Kier alpha value is -1.10. The van der Waals surface area contributed by atoms with Crippen LogP contribution < -0.4 is 11.5 Å². The molecule has 86 valence electrons. The molecule has 1 fully saturated rings. The van der Waals surface area contributed by atoms with Crippen LogP contribution in [0.1, 0.15) is 26.7 Å². The fourth-order valence-corrected chi connectivity index (χ4v) is 2.07. The van der Waals surface area contributed by atoms with Crippen LogP contribution in [0.2, 0.25) is 0 Å². The largest absolute Gasteiger partial charge is 0.369 e. The Labute approximate surface area is 89.8 Å². The third-order valence-corrected chi connectivity index (χ3v) is 3.24. The van der Waals surface area contributed by atoms with Gasteiger partial charge < -0.3 is 11.5 Å². The molecular weight excluding hydrogens is 194 g/mol. The number of carbonyl (C=O) groups excluding carboxylic acids is 2. The van der Waals surface area contributed by atoms with Gasteiger partial charge in [-0.3, -0.25) is 14.5 Å². The van der Waals surface area contributed by atoms with Crippen molar-refractivity contribution in [3.63, 3.8) is 0 Å². The lowest BCUT2D eigenvalue weighted by molar-refractivity contribution is -0.129. The Morgan fingerprint density at radius 2 is 1.93 bits per heavy atom. The highest BCUT2D eigenvalue weighted by Crippen LogP contribution is 2.23. The van der Waals surface area contributed by atoms with Gasteiger partial charge in [0.1, 0.15) is 0 Å². The molecule has 0 bridgehead atoms. The van der Waals surface area contributed by atoms with E-state index in [9.17, 15) is 9.59 Å². The van der Waals surface area contributed by atoms with Crippen molar-refractivity contribution in [3.05, 3.63) is 0 Å². The highest BCUT2D eigenvalue weighted by atomic mass is 16.2. The van der Waals surface area contributed by atoms with E-state index in [1.165, 1.54) is 0 Å². The first kappa shape index (κ1) is 12.0. The zero-order valence-corrected chi connectivity index (χ0v) is 9.27. The van der Waals surface area contributed by atoms with E-state index in [0.29, 0.717) is 6.54 Å². The van der Waals surface area contributed by atoms with Crippen molar-refractivity contribution < 1.29 is 9.59 Å². The Balaban J connectivity index is 2.69. The molecule has 0 spiro atoms. The Morgan fingerprint density at radius 3 is 2.40 bits per heavy atom. The first-order valence-electron chi connectivity index (χ1n) is 5.28. The van der Waals surface area contributed by atoms with Crippen LogP contribution >= 0.6 is 0 Å². The van der Waals surface area contributed by atoms with Crippen molar-refractivity contribution in [1.29, 1.82) is 0 Å². The highest BCUT2D eigenvalue weighted by Gasteiger charge is 2.32. The summed E-state index contributed by atoms with van der Waals surface area (Å²) in [5, 5.41) is 0. The minimum atomic E-state index is -0.355. The Bertz CT molecular complexity index is 267. The van der Waals surface area contributed by atoms with E-state index in [-0.39, 0.29) is 29.8 Å². The lowest BCUT2D eigenvalue weighted by Gasteiger charge is -2.39. The van der Waals surface area contributed by atoms with Gasteiger partial charge in [0.2, 0.25) is 11.8 Å². The minimum absolute atomic E-state index is 0.150. The second-order valence-electron chi connectivity index (χ2n) is 4.30. The van der Waals surface area contributed by atoms with Crippen LogP contribution in [0.4, 0.5) is 0 Å². The van der Waals surface area contributed by atoms with E-state index in [1.807, 2.05) is 11.8 Å². The van der Waals surface area contributed by atoms with Gasteiger partial charge in [0, 0.05) is 12.6 Å². The van der Waals surface area contributed by atoms with E-state index in [2.05, 4.69) is 0 Å². The molecule has 1 rings (SSSR count). The minimum Gasteiger partial charge on any atom is -0.369 e. The molecule has 0 aromatic heterocycles. The van der Waals surface area contributed by atoms with Crippen LogP contribution in [0.3, 0.4) is 0 Å². The van der Waals surface area contributed by atoms with Crippen molar-refractivity contribution >= 4 is 11.8 Å². The molecule has 0 radical (unpaired) electrons. The smallest absolute Gasteiger partial charge is 0.234 e. The fraction of sp³-hybridized carbons (Fsp3) is 0.800. The summed E-state index contributed by atoms with van der Waals surface area (Å²) in [6, 6.07) is -0.0507. The molecule has 3 unspecified atom stereocenters. The quantitative estimate of drug-likeness (QED) is 0.659. The zero-order valence-electron chi connectivity index (χ0n) is 9.27. The maximum absolute atomic E-state index is 11.1. The summed E-state index contributed by atoms with van der Waals surface area (Å²) in [5.41, 5.74) is 10.5. The van der Waals surface area contributed by atoms with Crippen LogP contribution in [0, 0.1) is 5.92 Å². The number of nitrogens with two attached hydrogens (primary N) is 2. The number of piperidine rings is 1. The number of hydrogen-bond acceptors (Lipinski definition) is 3. The van der Waals surface area contributed by atoms with Crippen molar-refractivity contribution in [1.82, 2.24) is 4.90 Å². The lowest BCUT2D eigenvalue weighted by atomic mass is 9.91. The van der Waals surface area contributed by atoms with Gasteiger partial charge in [0.25, 0.3) is 0 Å². The van der Waals surface area contributed by atoms with E-state index in [0.717, 1.165) is 12.8 Å². The van der Waals surface area contributed by atoms with E-state index in [4.69, 9.17) is 11.5 Å². The van der Waals surface area contributed by atoms with Gasteiger partial charge in [-0.1, -0.05) is 0 Å². The molecule has 3 atom stereocenters. The molecule has 1 saturated heterocycles. The average Bonchev–Trinajstić information content (AvgIpc) is 2.16. The third kappa shape index (κ3) is 2.68. The molecule has 5 nitrogen and oxygen atoms in total. The average molecular weight is 213 g/mol. The first-order chi connectivity index (χ1) is 6.93. The van der Waals surface area contributed by atoms with Gasteiger partial charge in [-0.15, -0.1) is 0 Å². The van der Waals surface area contributed by atoms with E-state index >= 15 is 0 Å². The molecule has 0 aromatic carbocycles. The summed E-state index contributed by atoms with van der Waals surface area (Å²) in [6.07, 6.45) is 1.68. The monoisotopic (exact) mass is 213 g/mol. The predicted octanol–water partition coefficient (Wildman–Crippen LogP) is -0.554. The second-order valence-corrected chi connectivity index (χ2v) is 4.30. The van der Waals surface area contributed by atoms with Crippen molar-refractivity contribution in [2.24, 2.45) is 17.4 Å². The lowest BCUT2D eigenvalue weighted by Crippen LogP contribution is -2.53. The topological polar surface area (TPSA) is 89.4 Å². The summed E-state index contributed by atoms with van der Waals surface area (Å²) >= 11 is 0. The maximum atomic E-state index is 11.1. The van der Waals surface area contributed by atoms with Gasteiger partial charge in [-0.05, 0) is 26.7 Å². The highest BCUT2D eigenvalue weighted by molar-refractivity contribution is 5.80. The van der Waals surface area contributed by atoms with Crippen LogP contribution in [0.25, 0.3) is 0 Å². The van der Waals surface area contributed by atoms with Crippen LogP contribution in [0.5, 0.6) is 0 Å². The standard InChI is InChI=1S/C10H19N3O2/c1-6-3-4-8(10(12)15)5-13(6)7(2)9(11)14/h6-8H,3-5H2,1-2H3,(H2,11,14)(H2,12,15). The number of amides is 2. The van der Waals surface area contributed by atoms with Crippen LogP contribution in [0.15, 0.2) is 0 Å². The molecule has 1 aliphatic heterocycles. The summed E-state index contributed by atoms with van der Waals surface area (Å²) in [7, 11) is 0. The Morgan fingerprint density at radius 1 is 1.33 bits per heavy atom. The number of carbonyl (C=O) groups is 2. The first-order valence-corrected chi connectivity index (χ1v) is 5.28. The molecule has 1 heterocycles. The van der Waals surface area contributed by atoms with Crippen LogP contribution in [-0.4, -0.2) is 35.3 Å². The van der Waals surface area contributed by atoms with E-state index < -0.39 is 0 Å². The second kappa shape index (κ2) is 4.61. The third-order valence-electron chi connectivity index (χ3n) is 3.24.